The van der Waals surface area contributed by atoms with Gasteiger partial charge in [0, 0.05) is 0 Å². The number of aliphatic hydroxyl groups excluding tert-OH is 1. The topological polar surface area (TPSA) is 80.4 Å². The number of halogens is 1. The summed E-state index contributed by atoms with van der Waals surface area (Å²) in [6.45, 7) is 2.26. The maximum atomic E-state index is 9.37. The molecule has 1 unspecified atom stereocenters. The van der Waals surface area contributed by atoms with Crippen molar-refractivity contribution in [2.24, 2.45) is 0 Å². The zero-order chi connectivity index (χ0) is 13.7. The molecule has 2 heterocycles. The third-order valence-corrected chi connectivity index (χ3v) is 2.91. The zero-order valence-electron chi connectivity index (χ0n) is 10.3. The van der Waals surface area contributed by atoms with Crippen molar-refractivity contribution >= 4 is 21.9 Å². The largest absolute Gasteiger partial charge is 0.477 e. The molecular formula is C12H14BrN3O3. The van der Waals surface area contributed by atoms with Gasteiger partial charge in [0.05, 0.1) is 30.1 Å². The van der Waals surface area contributed by atoms with Gasteiger partial charge in [-0.1, -0.05) is 0 Å². The molecule has 0 aliphatic heterocycles. The molecule has 0 aliphatic rings. The van der Waals surface area contributed by atoms with Crippen LogP contribution in [-0.2, 0) is 0 Å². The first-order chi connectivity index (χ1) is 9.24. The van der Waals surface area contributed by atoms with E-state index in [-0.39, 0.29) is 6.61 Å². The molecule has 0 bridgehead atoms. The second-order valence-electron chi connectivity index (χ2n) is 3.67. The second kappa shape index (κ2) is 6.53. The number of nitrogens with one attached hydrogen (secondary N) is 1. The summed E-state index contributed by atoms with van der Waals surface area (Å²) >= 11 is 3.31. The average molecular weight is 328 g/mol. The smallest absolute Gasteiger partial charge is 0.232 e. The Labute approximate surface area is 119 Å². The number of nitrogens with zero attached hydrogens (tertiary/aromatic N) is 2. The summed E-state index contributed by atoms with van der Waals surface area (Å²) in [6.07, 6.45) is 3.14. The van der Waals surface area contributed by atoms with Gasteiger partial charge in [-0.2, -0.15) is 4.98 Å². The third-order valence-electron chi connectivity index (χ3n) is 2.37. The lowest BCUT2D eigenvalue weighted by molar-refractivity contribution is 0.260. The number of furan rings is 1. The summed E-state index contributed by atoms with van der Waals surface area (Å²) in [5, 5.41) is 12.4. The van der Waals surface area contributed by atoms with E-state index < -0.39 is 6.04 Å². The standard InChI is InChI=1S/C12H14BrN3O3/c1-2-18-11-8(13)6-14-12(16-11)15-9(7-17)10-4-3-5-19-10/h3-6,9,17H,2,7H2,1H3,(H,14,15,16). The van der Waals surface area contributed by atoms with Gasteiger partial charge in [0.2, 0.25) is 11.8 Å². The van der Waals surface area contributed by atoms with Gasteiger partial charge in [0.1, 0.15) is 11.8 Å². The highest BCUT2D eigenvalue weighted by atomic mass is 79.9. The molecule has 2 N–H and O–H groups in total. The van der Waals surface area contributed by atoms with Crippen molar-refractivity contribution in [2.45, 2.75) is 13.0 Å². The summed E-state index contributed by atoms with van der Waals surface area (Å²) in [5.74, 6) is 1.44. The van der Waals surface area contributed by atoms with E-state index in [4.69, 9.17) is 9.15 Å². The molecule has 2 aromatic heterocycles. The van der Waals surface area contributed by atoms with Crippen LogP contribution in [-0.4, -0.2) is 28.3 Å². The Hall–Kier alpha value is -1.60. The Kier molecular flexibility index (Phi) is 4.75. The number of aliphatic hydroxyl groups is 1. The van der Waals surface area contributed by atoms with Crippen LogP contribution < -0.4 is 10.1 Å². The monoisotopic (exact) mass is 327 g/mol. The van der Waals surface area contributed by atoms with Gasteiger partial charge >= 0.3 is 0 Å². The number of aromatic nitrogens is 2. The molecule has 7 heteroatoms. The average Bonchev–Trinajstić information content (AvgIpc) is 2.93. The third kappa shape index (κ3) is 3.45. The lowest BCUT2D eigenvalue weighted by Crippen LogP contribution is -2.16. The Balaban J connectivity index is 2.15. The highest BCUT2D eigenvalue weighted by molar-refractivity contribution is 9.10. The van der Waals surface area contributed by atoms with Gasteiger partial charge < -0.3 is 19.6 Å². The van der Waals surface area contributed by atoms with Crippen LogP contribution in [0.25, 0.3) is 0 Å². The first-order valence-corrected chi connectivity index (χ1v) is 6.60. The lowest BCUT2D eigenvalue weighted by atomic mass is 10.2. The minimum Gasteiger partial charge on any atom is -0.477 e. The van der Waals surface area contributed by atoms with E-state index in [1.807, 2.05) is 6.92 Å². The minimum atomic E-state index is -0.398. The van der Waals surface area contributed by atoms with Crippen molar-refractivity contribution in [1.82, 2.24) is 9.97 Å². The minimum absolute atomic E-state index is 0.128. The van der Waals surface area contributed by atoms with Crippen LogP contribution in [0.1, 0.15) is 18.7 Å². The van der Waals surface area contributed by atoms with Crippen molar-refractivity contribution in [3.05, 3.63) is 34.8 Å². The molecule has 102 valence electrons. The Bertz CT molecular complexity index is 519. The summed E-state index contributed by atoms with van der Waals surface area (Å²) in [6, 6.07) is 3.13. The zero-order valence-corrected chi connectivity index (χ0v) is 11.9. The van der Waals surface area contributed by atoms with Gasteiger partial charge in [-0.05, 0) is 35.0 Å². The highest BCUT2D eigenvalue weighted by Crippen LogP contribution is 2.24. The maximum absolute atomic E-state index is 9.37. The van der Waals surface area contributed by atoms with Gasteiger partial charge in [-0.3, -0.25) is 0 Å². The first-order valence-electron chi connectivity index (χ1n) is 5.80. The molecule has 6 nitrogen and oxygen atoms in total. The molecule has 0 aliphatic carbocycles. The van der Waals surface area contributed by atoms with Crippen LogP contribution in [0.3, 0.4) is 0 Å². The van der Waals surface area contributed by atoms with E-state index in [1.54, 1.807) is 24.6 Å². The predicted octanol–water partition coefficient (Wildman–Crippen LogP) is 2.38. The summed E-state index contributed by atoms with van der Waals surface area (Å²) in [7, 11) is 0. The Morgan fingerprint density at radius 3 is 3.05 bits per heavy atom. The number of hydrogen-bond acceptors (Lipinski definition) is 6. The molecule has 1 atom stereocenters. The molecule has 0 aromatic carbocycles. The number of hydrogen-bond donors (Lipinski definition) is 2. The van der Waals surface area contributed by atoms with Gasteiger partial charge in [0.25, 0.3) is 0 Å². The Morgan fingerprint density at radius 2 is 2.42 bits per heavy atom. The number of ether oxygens (including phenoxy) is 1. The lowest BCUT2D eigenvalue weighted by Gasteiger charge is -2.14. The van der Waals surface area contributed by atoms with Crippen molar-refractivity contribution in [3.63, 3.8) is 0 Å². The fourth-order valence-corrected chi connectivity index (χ4v) is 1.82. The van der Waals surface area contributed by atoms with Gasteiger partial charge in [0.15, 0.2) is 0 Å². The van der Waals surface area contributed by atoms with Crippen molar-refractivity contribution < 1.29 is 14.3 Å². The van der Waals surface area contributed by atoms with Gasteiger partial charge in [-0.25, -0.2) is 4.98 Å². The molecule has 0 amide bonds. The molecule has 0 radical (unpaired) electrons. The molecule has 0 saturated carbocycles. The predicted molar refractivity (Wildman–Crippen MR) is 73.1 cm³/mol. The maximum Gasteiger partial charge on any atom is 0.232 e. The normalized spacial score (nSPS) is 12.2. The van der Waals surface area contributed by atoms with Crippen molar-refractivity contribution in [3.8, 4) is 5.88 Å². The van der Waals surface area contributed by atoms with E-state index in [0.29, 0.717) is 28.7 Å². The van der Waals surface area contributed by atoms with Crippen LogP contribution in [0.2, 0.25) is 0 Å². The SMILES string of the molecule is CCOc1nc(NC(CO)c2ccco2)ncc1Br. The highest BCUT2D eigenvalue weighted by Gasteiger charge is 2.15. The summed E-state index contributed by atoms with van der Waals surface area (Å²) in [5.41, 5.74) is 0. The fraction of sp³-hybridized carbons (Fsp3) is 0.333. The summed E-state index contributed by atoms with van der Waals surface area (Å²) in [4.78, 5) is 8.33. The van der Waals surface area contributed by atoms with Crippen LogP contribution >= 0.6 is 15.9 Å². The van der Waals surface area contributed by atoms with Crippen LogP contribution in [0.4, 0.5) is 5.95 Å². The Morgan fingerprint density at radius 1 is 1.58 bits per heavy atom. The molecule has 19 heavy (non-hydrogen) atoms. The first kappa shape index (κ1) is 13.8. The van der Waals surface area contributed by atoms with E-state index in [9.17, 15) is 5.11 Å². The van der Waals surface area contributed by atoms with Gasteiger partial charge in [-0.15, -0.1) is 0 Å². The molecule has 0 fully saturated rings. The van der Waals surface area contributed by atoms with Crippen molar-refractivity contribution in [1.29, 1.82) is 0 Å². The molecule has 2 aromatic rings. The van der Waals surface area contributed by atoms with E-state index >= 15 is 0 Å². The van der Waals surface area contributed by atoms with Crippen LogP contribution in [0.15, 0.2) is 33.5 Å². The fourth-order valence-electron chi connectivity index (χ4n) is 1.51. The van der Waals surface area contributed by atoms with E-state index in [1.165, 1.54) is 0 Å². The van der Waals surface area contributed by atoms with E-state index in [0.717, 1.165) is 0 Å². The molecular weight excluding hydrogens is 314 g/mol. The summed E-state index contributed by atoms with van der Waals surface area (Å²) < 4.78 is 11.3. The molecule has 2 rings (SSSR count). The van der Waals surface area contributed by atoms with E-state index in [2.05, 4.69) is 31.2 Å². The van der Waals surface area contributed by atoms with Crippen molar-refractivity contribution in [2.75, 3.05) is 18.5 Å². The number of anilines is 1. The van der Waals surface area contributed by atoms with Crippen LogP contribution in [0.5, 0.6) is 5.88 Å². The second-order valence-corrected chi connectivity index (χ2v) is 4.53. The van der Waals surface area contributed by atoms with Crippen LogP contribution in [0, 0.1) is 0 Å². The quantitative estimate of drug-likeness (QED) is 0.847. The molecule has 0 saturated heterocycles. The number of rotatable bonds is 6. The molecule has 0 spiro atoms.